The van der Waals surface area contributed by atoms with E-state index in [-0.39, 0.29) is 33.1 Å². The van der Waals surface area contributed by atoms with Crippen molar-refractivity contribution in [3.05, 3.63) is 97.1 Å². The molecule has 43 heavy (non-hydrogen) atoms. The molecule has 0 saturated carbocycles. The van der Waals surface area contributed by atoms with Crippen LogP contribution in [0.1, 0.15) is 0 Å². The highest BCUT2D eigenvalue weighted by Gasteiger charge is 2.19. The standard InChI is InChI=1S/C30H24N6O4S3/c37-27(17-41-29-33-23-11-1-2-12-24(23)34-29)31-19-7-5-9-21(15-19)43(39,40)22-10-6-8-20(16-22)32-28(38)18-42-30-35-25-13-3-4-14-26(25)36-30/h1-16H,17-18H2,(H,31,37)(H,32,38)(H,33,34)(H,35,36). The molecule has 0 aliphatic heterocycles. The van der Waals surface area contributed by atoms with Gasteiger partial charge in [-0.25, -0.2) is 18.4 Å². The van der Waals surface area contributed by atoms with Crippen LogP contribution in [0.15, 0.2) is 117 Å². The number of thioether (sulfide) groups is 2. The van der Waals surface area contributed by atoms with Crippen molar-refractivity contribution in [2.45, 2.75) is 20.1 Å². The van der Waals surface area contributed by atoms with E-state index in [1.165, 1.54) is 47.8 Å². The second-order valence-corrected chi connectivity index (χ2v) is 13.2. The number of carbonyl (C=O) groups is 2. The van der Waals surface area contributed by atoms with Crippen LogP contribution in [0.3, 0.4) is 0 Å². The summed E-state index contributed by atoms with van der Waals surface area (Å²) in [7, 11) is -3.94. The molecule has 0 aliphatic carbocycles. The van der Waals surface area contributed by atoms with Gasteiger partial charge < -0.3 is 20.6 Å². The number of H-pyrrole nitrogens is 2. The van der Waals surface area contributed by atoms with Gasteiger partial charge in [0.1, 0.15) is 0 Å². The fourth-order valence-electron chi connectivity index (χ4n) is 4.28. The summed E-state index contributed by atoms with van der Waals surface area (Å²) < 4.78 is 26.9. The number of anilines is 2. The summed E-state index contributed by atoms with van der Waals surface area (Å²) in [6.45, 7) is 0. The van der Waals surface area contributed by atoms with E-state index in [4.69, 9.17) is 0 Å². The minimum atomic E-state index is -3.94. The van der Waals surface area contributed by atoms with E-state index in [0.29, 0.717) is 21.7 Å². The fourth-order valence-corrected chi connectivity index (χ4v) is 7.00. The number of rotatable bonds is 10. The number of aromatic nitrogens is 4. The van der Waals surface area contributed by atoms with Crippen LogP contribution in [-0.2, 0) is 19.4 Å². The molecule has 4 N–H and O–H groups in total. The van der Waals surface area contributed by atoms with E-state index in [2.05, 4.69) is 30.6 Å². The van der Waals surface area contributed by atoms with Crippen molar-refractivity contribution in [3.8, 4) is 0 Å². The molecular weight excluding hydrogens is 605 g/mol. The maximum atomic E-state index is 13.4. The van der Waals surface area contributed by atoms with Gasteiger partial charge in [-0.2, -0.15) is 0 Å². The molecule has 0 unspecified atom stereocenters. The lowest BCUT2D eigenvalue weighted by atomic mass is 10.3. The van der Waals surface area contributed by atoms with E-state index < -0.39 is 9.84 Å². The van der Waals surface area contributed by atoms with Gasteiger partial charge in [0.15, 0.2) is 10.3 Å². The first-order valence-electron chi connectivity index (χ1n) is 13.0. The van der Waals surface area contributed by atoms with E-state index >= 15 is 0 Å². The number of benzene rings is 4. The Morgan fingerprint density at radius 1 is 0.628 bits per heavy atom. The number of sulfone groups is 1. The third-order valence-corrected chi connectivity index (χ3v) is 9.77. The molecule has 2 aromatic heterocycles. The van der Waals surface area contributed by atoms with Gasteiger partial charge in [0.2, 0.25) is 21.7 Å². The number of imidazole rings is 2. The Hall–Kier alpha value is -4.59. The second kappa shape index (κ2) is 12.3. The van der Waals surface area contributed by atoms with Crippen molar-refractivity contribution in [1.82, 2.24) is 19.9 Å². The number of nitrogens with one attached hydrogen (secondary N) is 4. The molecule has 0 saturated heterocycles. The molecule has 0 bridgehead atoms. The molecule has 216 valence electrons. The van der Waals surface area contributed by atoms with Gasteiger partial charge in [0.25, 0.3) is 0 Å². The van der Waals surface area contributed by atoms with Crippen LogP contribution in [0.2, 0.25) is 0 Å². The maximum Gasteiger partial charge on any atom is 0.234 e. The summed E-state index contributed by atoms with van der Waals surface area (Å²) in [6, 6.07) is 27.3. The highest BCUT2D eigenvalue weighted by Crippen LogP contribution is 2.26. The summed E-state index contributed by atoms with van der Waals surface area (Å²) in [5, 5.41) is 6.74. The number of hydrogen-bond donors (Lipinski definition) is 4. The first kappa shape index (κ1) is 28.5. The number of carbonyl (C=O) groups excluding carboxylic acids is 2. The normalized spacial score (nSPS) is 11.5. The van der Waals surface area contributed by atoms with Crippen molar-refractivity contribution in [2.24, 2.45) is 0 Å². The fraction of sp³-hybridized carbons (Fsp3) is 0.0667. The van der Waals surface area contributed by atoms with Gasteiger partial charge in [0, 0.05) is 11.4 Å². The van der Waals surface area contributed by atoms with Crippen LogP contribution in [-0.4, -0.2) is 51.7 Å². The molecular formula is C30H24N6O4S3. The molecule has 10 nitrogen and oxygen atoms in total. The summed E-state index contributed by atoms with van der Waals surface area (Å²) in [5.74, 6) is -0.421. The van der Waals surface area contributed by atoms with Crippen LogP contribution in [0, 0.1) is 0 Å². The van der Waals surface area contributed by atoms with E-state index in [1.54, 1.807) is 24.3 Å². The number of hydrogen-bond acceptors (Lipinski definition) is 8. The molecule has 0 aliphatic rings. The van der Waals surface area contributed by atoms with Crippen molar-refractivity contribution in [2.75, 3.05) is 22.1 Å². The van der Waals surface area contributed by atoms with Gasteiger partial charge >= 0.3 is 0 Å². The quantitative estimate of drug-likeness (QED) is 0.141. The molecule has 13 heteroatoms. The monoisotopic (exact) mass is 628 g/mol. The molecule has 0 fully saturated rings. The lowest BCUT2D eigenvalue weighted by Crippen LogP contribution is -2.15. The van der Waals surface area contributed by atoms with Gasteiger partial charge in [-0.1, -0.05) is 59.9 Å². The number of nitrogens with zero attached hydrogens (tertiary/aromatic N) is 2. The van der Waals surface area contributed by atoms with Crippen LogP contribution in [0.5, 0.6) is 0 Å². The zero-order valence-corrected chi connectivity index (χ0v) is 24.9. The first-order chi connectivity index (χ1) is 20.8. The Balaban J connectivity index is 1.07. The maximum absolute atomic E-state index is 13.4. The van der Waals surface area contributed by atoms with Gasteiger partial charge in [0.05, 0.1) is 43.4 Å². The Bertz CT molecular complexity index is 1870. The molecule has 2 heterocycles. The van der Waals surface area contributed by atoms with Crippen LogP contribution in [0.25, 0.3) is 22.1 Å². The predicted molar refractivity (Wildman–Crippen MR) is 169 cm³/mol. The highest BCUT2D eigenvalue weighted by molar-refractivity contribution is 8.00. The molecule has 0 radical (unpaired) electrons. The first-order valence-corrected chi connectivity index (χ1v) is 16.5. The summed E-state index contributed by atoms with van der Waals surface area (Å²) >= 11 is 2.50. The smallest absolute Gasteiger partial charge is 0.234 e. The molecule has 6 rings (SSSR count). The minimum Gasteiger partial charge on any atom is -0.333 e. The Kier molecular flexibility index (Phi) is 8.18. The van der Waals surface area contributed by atoms with Crippen molar-refractivity contribution in [1.29, 1.82) is 0 Å². The molecule has 0 spiro atoms. The number of aromatic amines is 2. The average Bonchev–Trinajstić information content (AvgIpc) is 3.63. The second-order valence-electron chi connectivity index (χ2n) is 9.35. The van der Waals surface area contributed by atoms with Gasteiger partial charge in [-0.3, -0.25) is 9.59 Å². The SMILES string of the molecule is O=C(CSc1nc2ccccc2[nH]1)Nc1cccc(S(=O)(=O)c2cccc(NC(=O)CSc3nc4ccccc4[nH]3)c2)c1. The van der Waals surface area contributed by atoms with Gasteiger partial charge in [-0.05, 0) is 60.7 Å². The summed E-state index contributed by atoms with van der Waals surface area (Å²) in [5.41, 5.74) is 4.09. The van der Waals surface area contributed by atoms with Crippen molar-refractivity contribution >= 4 is 78.6 Å². The predicted octanol–water partition coefficient (Wildman–Crippen LogP) is 5.73. The zero-order valence-electron chi connectivity index (χ0n) is 22.4. The number of para-hydroxylation sites is 4. The summed E-state index contributed by atoms with van der Waals surface area (Å²) in [4.78, 5) is 40.4. The lowest BCUT2D eigenvalue weighted by molar-refractivity contribution is -0.114. The Morgan fingerprint density at radius 3 is 1.51 bits per heavy atom. The van der Waals surface area contributed by atoms with Crippen LogP contribution < -0.4 is 10.6 Å². The Morgan fingerprint density at radius 2 is 1.07 bits per heavy atom. The third-order valence-electron chi connectivity index (χ3n) is 6.27. The van der Waals surface area contributed by atoms with Crippen LogP contribution >= 0.6 is 23.5 Å². The third kappa shape index (κ3) is 6.74. The average molecular weight is 629 g/mol. The minimum absolute atomic E-state index is 0.0131. The zero-order chi connectivity index (χ0) is 29.8. The van der Waals surface area contributed by atoms with Crippen molar-refractivity contribution < 1.29 is 18.0 Å². The molecule has 2 amide bonds. The van der Waals surface area contributed by atoms with E-state index in [9.17, 15) is 18.0 Å². The summed E-state index contributed by atoms with van der Waals surface area (Å²) in [6.07, 6.45) is 0. The largest absolute Gasteiger partial charge is 0.333 e. The highest BCUT2D eigenvalue weighted by atomic mass is 32.2. The Labute approximate surface area is 255 Å². The van der Waals surface area contributed by atoms with Crippen LogP contribution in [0.4, 0.5) is 11.4 Å². The lowest BCUT2D eigenvalue weighted by Gasteiger charge is -2.10. The molecule has 4 aromatic carbocycles. The van der Waals surface area contributed by atoms with E-state index in [0.717, 1.165) is 22.1 Å². The molecule has 0 atom stereocenters. The van der Waals surface area contributed by atoms with Crippen molar-refractivity contribution in [3.63, 3.8) is 0 Å². The van der Waals surface area contributed by atoms with Gasteiger partial charge in [-0.15, -0.1) is 0 Å². The number of amides is 2. The molecule has 6 aromatic rings. The number of fused-ring (bicyclic) bond motifs is 2. The topological polar surface area (TPSA) is 150 Å². The van der Waals surface area contributed by atoms with E-state index in [1.807, 2.05) is 48.5 Å².